The molecule has 0 bridgehead atoms. The van der Waals surface area contributed by atoms with E-state index in [1.807, 2.05) is 0 Å². The molecule has 1 aliphatic rings. The van der Waals surface area contributed by atoms with Gasteiger partial charge in [-0.3, -0.25) is 14.4 Å². The molecule has 128 valence electrons. The average molecular weight is 345 g/mol. The Hall–Kier alpha value is -3.47. The summed E-state index contributed by atoms with van der Waals surface area (Å²) in [5, 5.41) is 2.76. The van der Waals surface area contributed by atoms with Gasteiger partial charge in [0.25, 0.3) is 0 Å². The van der Waals surface area contributed by atoms with Gasteiger partial charge >= 0.3 is 0 Å². The summed E-state index contributed by atoms with van der Waals surface area (Å²) < 4.78 is 5.22. The van der Waals surface area contributed by atoms with E-state index in [-0.39, 0.29) is 29.5 Å². The minimum atomic E-state index is -0.253. The summed E-state index contributed by atoms with van der Waals surface area (Å²) in [5.41, 5.74) is 1.69. The molecule has 1 aliphatic carbocycles. The van der Waals surface area contributed by atoms with Crippen molar-refractivity contribution >= 4 is 23.2 Å². The molecule has 1 N–H and O–H groups in total. The van der Waals surface area contributed by atoms with Crippen LogP contribution >= 0.6 is 0 Å². The minimum Gasteiger partial charge on any atom is -0.469 e. The summed E-state index contributed by atoms with van der Waals surface area (Å²) in [6.45, 7) is 0. The topological polar surface area (TPSA) is 76.4 Å². The predicted octanol–water partition coefficient (Wildman–Crippen LogP) is 3.63. The van der Waals surface area contributed by atoms with E-state index in [0.717, 1.165) is 5.76 Å². The molecule has 5 heteroatoms. The number of hydrogen-bond donors (Lipinski definition) is 1. The maximum atomic E-state index is 12.9. The molecule has 0 saturated heterocycles. The lowest BCUT2D eigenvalue weighted by molar-refractivity contribution is -0.116. The van der Waals surface area contributed by atoms with E-state index >= 15 is 0 Å². The largest absolute Gasteiger partial charge is 0.469 e. The summed E-state index contributed by atoms with van der Waals surface area (Å²) in [6.07, 6.45) is 2.24. The Morgan fingerprint density at radius 2 is 1.58 bits per heavy atom. The molecular formula is C21H15NO4. The van der Waals surface area contributed by atoms with Crippen molar-refractivity contribution in [3.05, 3.63) is 88.9 Å². The molecule has 0 saturated carbocycles. The molecule has 0 spiro atoms. The molecular weight excluding hydrogens is 330 g/mol. The first-order valence-corrected chi connectivity index (χ1v) is 8.29. The number of fused-ring (bicyclic) bond motifs is 2. The number of anilines is 1. The molecule has 1 heterocycles. The van der Waals surface area contributed by atoms with Crippen molar-refractivity contribution in [3.63, 3.8) is 0 Å². The van der Waals surface area contributed by atoms with Crippen molar-refractivity contribution < 1.29 is 18.8 Å². The molecule has 0 unspecified atom stereocenters. The van der Waals surface area contributed by atoms with Crippen LogP contribution in [0.5, 0.6) is 0 Å². The fourth-order valence-electron chi connectivity index (χ4n) is 3.15. The van der Waals surface area contributed by atoms with Crippen LogP contribution in [0.25, 0.3) is 0 Å². The van der Waals surface area contributed by atoms with Gasteiger partial charge in [0, 0.05) is 29.5 Å². The number of carbonyl (C=O) groups excluding carboxylic acids is 3. The second-order valence-electron chi connectivity index (χ2n) is 6.06. The van der Waals surface area contributed by atoms with Crippen LogP contribution in [-0.4, -0.2) is 17.5 Å². The SMILES string of the molecule is O=C(CCc1ccco1)Nc1cccc2c1C(=O)c1ccccc1C2=O. The van der Waals surface area contributed by atoms with Gasteiger partial charge in [-0.25, -0.2) is 0 Å². The number of hydrogen-bond acceptors (Lipinski definition) is 4. The highest BCUT2D eigenvalue weighted by Crippen LogP contribution is 2.31. The summed E-state index contributed by atoms with van der Waals surface area (Å²) >= 11 is 0. The van der Waals surface area contributed by atoms with Crippen LogP contribution in [0, 0.1) is 0 Å². The minimum absolute atomic E-state index is 0.207. The number of benzene rings is 2. The maximum absolute atomic E-state index is 12.9. The van der Waals surface area contributed by atoms with Crippen LogP contribution in [0.2, 0.25) is 0 Å². The summed E-state index contributed by atoms with van der Waals surface area (Å²) in [5.74, 6) is 0.0170. The van der Waals surface area contributed by atoms with Crippen LogP contribution < -0.4 is 5.32 Å². The summed E-state index contributed by atoms with van der Waals surface area (Å²) in [6, 6.07) is 15.2. The fourth-order valence-corrected chi connectivity index (χ4v) is 3.15. The quantitative estimate of drug-likeness (QED) is 0.613. The van der Waals surface area contributed by atoms with Gasteiger partial charge in [-0.2, -0.15) is 0 Å². The Balaban J connectivity index is 1.62. The lowest BCUT2D eigenvalue weighted by Crippen LogP contribution is -2.24. The second-order valence-corrected chi connectivity index (χ2v) is 6.06. The molecule has 4 rings (SSSR count). The smallest absolute Gasteiger partial charge is 0.224 e. The Morgan fingerprint density at radius 3 is 2.31 bits per heavy atom. The lowest BCUT2D eigenvalue weighted by Gasteiger charge is -2.20. The lowest BCUT2D eigenvalue weighted by atomic mass is 9.83. The number of furan rings is 1. The number of nitrogens with one attached hydrogen (secondary N) is 1. The van der Waals surface area contributed by atoms with Crippen molar-refractivity contribution in [2.45, 2.75) is 12.8 Å². The van der Waals surface area contributed by atoms with E-state index in [1.54, 1.807) is 60.9 Å². The fraction of sp³-hybridized carbons (Fsp3) is 0.0952. The number of amides is 1. The van der Waals surface area contributed by atoms with E-state index in [9.17, 15) is 14.4 Å². The highest BCUT2D eigenvalue weighted by Gasteiger charge is 2.31. The zero-order valence-corrected chi connectivity index (χ0v) is 13.8. The standard InChI is InChI=1S/C21H15NO4/c23-18(11-10-13-5-4-12-26-13)22-17-9-3-8-16-19(17)21(25)15-7-2-1-6-14(15)20(16)24/h1-9,12H,10-11H2,(H,22,23). The van der Waals surface area contributed by atoms with Gasteiger partial charge in [0.1, 0.15) is 5.76 Å². The Kier molecular flexibility index (Phi) is 3.97. The Bertz CT molecular complexity index is 1020. The first-order valence-electron chi connectivity index (χ1n) is 8.29. The second kappa shape index (κ2) is 6.44. The van der Waals surface area contributed by atoms with E-state index < -0.39 is 0 Å². The molecule has 2 aromatic carbocycles. The van der Waals surface area contributed by atoms with Gasteiger partial charge in [0.2, 0.25) is 5.91 Å². The molecule has 0 aliphatic heterocycles. The summed E-state index contributed by atoms with van der Waals surface area (Å²) in [4.78, 5) is 37.9. The normalized spacial score (nSPS) is 12.5. The van der Waals surface area contributed by atoms with Crippen molar-refractivity contribution in [3.8, 4) is 0 Å². The highest BCUT2D eigenvalue weighted by atomic mass is 16.3. The Morgan fingerprint density at radius 1 is 0.846 bits per heavy atom. The number of rotatable bonds is 4. The molecule has 0 atom stereocenters. The monoisotopic (exact) mass is 345 g/mol. The van der Waals surface area contributed by atoms with Gasteiger partial charge in [0.15, 0.2) is 11.6 Å². The van der Waals surface area contributed by atoms with Crippen LogP contribution in [0.4, 0.5) is 5.69 Å². The molecule has 0 radical (unpaired) electrons. The molecule has 3 aromatic rings. The van der Waals surface area contributed by atoms with Crippen molar-refractivity contribution in [2.24, 2.45) is 0 Å². The number of carbonyl (C=O) groups is 3. The zero-order valence-electron chi connectivity index (χ0n) is 13.8. The zero-order chi connectivity index (χ0) is 18.1. The van der Waals surface area contributed by atoms with Gasteiger partial charge in [-0.1, -0.05) is 36.4 Å². The van der Waals surface area contributed by atoms with Gasteiger partial charge in [0.05, 0.1) is 17.5 Å². The molecule has 1 amide bonds. The van der Waals surface area contributed by atoms with Crippen LogP contribution in [0.15, 0.2) is 65.3 Å². The Labute approximate surface area is 149 Å². The van der Waals surface area contributed by atoms with E-state index in [2.05, 4.69) is 5.32 Å². The first-order chi connectivity index (χ1) is 12.6. The molecule has 1 aromatic heterocycles. The maximum Gasteiger partial charge on any atom is 0.224 e. The van der Waals surface area contributed by atoms with E-state index in [1.165, 1.54) is 0 Å². The highest BCUT2D eigenvalue weighted by molar-refractivity contribution is 6.30. The molecule has 26 heavy (non-hydrogen) atoms. The first kappa shape index (κ1) is 16.0. The molecule has 0 fully saturated rings. The van der Waals surface area contributed by atoms with Gasteiger partial charge in [-0.05, 0) is 18.2 Å². The third-order valence-electron chi connectivity index (χ3n) is 4.41. The van der Waals surface area contributed by atoms with Crippen molar-refractivity contribution in [1.29, 1.82) is 0 Å². The molecule has 5 nitrogen and oxygen atoms in total. The van der Waals surface area contributed by atoms with E-state index in [4.69, 9.17) is 4.42 Å². The third kappa shape index (κ3) is 2.73. The van der Waals surface area contributed by atoms with Crippen molar-refractivity contribution in [2.75, 3.05) is 5.32 Å². The number of aryl methyl sites for hydroxylation is 1. The van der Waals surface area contributed by atoms with Gasteiger partial charge < -0.3 is 9.73 Å². The third-order valence-corrected chi connectivity index (χ3v) is 4.41. The number of ketones is 2. The van der Waals surface area contributed by atoms with E-state index in [0.29, 0.717) is 28.8 Å². The van der Waals surface area contributed by atoms with Crippen LogP contribution in [-0.2, 0) is 11.2 Å². The van der Waals surface area contributed by atoms with Crippen molar-refractivity contribution in [1.82, 2.24) is 0 Å². The van der Waals surface area contributed by atoms with Crippen LogP contribution in [0.1, 0.15) is 44.0 Å². The van der Waals surface area contributed by atoms with Crippen LogP contribution in [0.3, 0.4) is 0 Å². The van der Waals surface area contributed by atoms with Gasteiger partial charge in [-0.15, -0.1) is 0 Å². The predicted molar refractivity (Wildman–Crippen MR) is 95.4 cm³/mol. The summed E-state index contributed by atoms with van der Waals surface area (Å²) in [7, 11) is 0. The average Bonchev–Trinajstić information content (AvgIpc) is 3.18.